The Morgan fingerprint density at radius 2 is 1.91 bits per heavy atom. The maximum Gasteiger partial charge on any atom is 0.257 e. The van der Waals surface area contributed by atoms with Gasteiger partial charge in [-0.25, -0.2) is 0 Å². The Balaban J connectivity index is 2.02. The molecule has 0 bridgehead atoms. The molecule has 2 rings (SSSR count). The van der Waals surface area contributed by atoms with E-state index in [-0.39, 0.29) is 12.5 Å². The highest BCUT2D eigenvalue weighted by Gasteiger charge is 2.23. The molecule has 6 heteroatoms. The maximum absolute atomic E-state index is 12.1. The molecule has 0 fully saturated rings. The number of hydrogen-bond acceptors (Lipinski definition) is 5. The van der Waals surface area contributed by atoms with E-state index in [2.05, 4.69) is 15.5 Å². The van der Waals surface area contributed by atoms with Gasteiger partial charge in [-0.05, 0) is 44.0 Å². The van der Waals surface area contributed by atoms with Gasteiger partial charge < -0.3 is 14.9 Å². The Bertz CT molecular complexity index is 630. The molecule has 0 saturated carbocycles. The molecule has 0 aliphatic carbocycles. The summed E-state index contributed by atoms with van der Waals surface area (Å²) in [6.07, 6.45) is 1.19. The molecule has 2 aromatic rings. The van der Waals surface area contributed by atoms with Crippen molar-refractivity contribution in [3.05, 3.63) is 35.7 Å². The second-order valence-corrected chi connectivity index (χ2v) is 5.34. The van der Waals surface area contributed by atoms with Crippen molar-refractivity contribution in [2.24, 2.45) is 0 Å². The minimum absolute atomic E-state index is 0.214. The second-order valence-electron chi connectivity index (χ2n) is 5.34. The number of aliphatic hydroxyl groups is 1. The van der Waals surface area contributed by atoms with E-state index >= 15 is 0 Å². The molecule has 0 atom stereocenters. The number of nitrogens with zero attached hydrogens (tertiary/aromatic N) is 2. The second kappa shape index (κ2) is 6.70. The van der Waals surface area contributed by atoms with E-state index in [0.29, 0.717) is 30.1 Å². The summed E-state index contributed by atoms with van der Waals surface area (Å²) in [7, 11) is 0. The van der Waals surface area contributed by atoms with Gasteiger partial charge in [-0.3, -0.25) is 4.79 Å². The standard InChI is InChI=1S/C16H21N3O3/c1-4-16(21,5-2)10-17-14(20)12-6-8-13(9-7-12)15-18-11(3)19-22-15/h6-9,21H,4-5,10H2,1-3H3,(H,17,20). The molecule has 1 amide bonds. The molecule has 0 unspecified atom stereocenters. The molecule has 1 heterocycles. The van der Waals surface area contributed by atoms with Gasteiger partial charge in [0, 0.05) is 17.7 Å². The number of carbonyl (C=O) groups is 1. The van der Waals surface area contributed by atoms with Gasteiger partial charge in [-0.1, -0.05) is 19.0 Å². The number of hydrogen-bond donors (Lipinski definition) is 2. The minimum atomic E-state index is -0.850. The van der Waals surface area contributed by atoms with Crippen molar-refractivity contribution < 1.29 is 14.4 Å². The summed E-state index contributed by atoms with van der Waals surface area (Å²) in [5, 5.41) is 16.7. The summed E-state index contributed by atoms with van der Waals surface area (Å²) < 4.78 is 5.08. The van der Waals surface area contributed by atoms with E-state index in [1.165, 1.54) is 0 Å². The Hall–Kier alpha value is -2.21. The molecule has 0 saturated heterocycles. The van der Waals surface area contributed by atoms with E-state index in [0.717, 1.165) is 5.56 Å². The zero-order valence-corrected chi connectivity index (χ0v) is 13.1. The fourth-order valence-corrected chi connectivity index (χ4v) is 2.03. The highest BCUT2D eigenvalue weighted by Crippen LogP contribution is 2.18. The highest BCUT2D eigenvalue weighted by atomic mass is 16.5. The lowest BCUT2D eigenvalue weighted by molar-refractivity contribution is 0.0314. The van der Waals surface area contributed by atoms with Crippen LogP contribution in [0.2, 0.25) is 0 Å². The zero-order chi connectivity index (χ0) is 16.2. The predicted molar refractivity (Wildman–Crippen MR) is 82.3 cm³/mol. The van der Waals surface area contributed by atoms with E-state index in [1.54, 1.807) is 31.2 Å². The first kappa shape index (κ1) is 16.2. The van der Waals surface area contributed by atoms with E-state index in [4.69, 9.17) is 4.52 Å². The van der Waals surface area contributed by atoms with Gasteiger partial charge in [0.1, 0.15) is 0 Å². The number of nitrogens with one attached hydrogen (secondary N) is 1. The third kappa shape index (κ3) is 3.71. The quantitative estimate of drug-likeness (QED) is 0.855. The lowest BCUT2D eigenvalue weighted by Crippen LogP contribution is -2.42. The van der Waals surface area contributed by atoms with Crippen LogP contribution in [-0.4, -0.2) is 33.3 Å². The normalized spacial score (nSPS) is 11.5. The summed E-state index contributed by atoms with van der Waals surface area (Å²) >= 11 is 0. The summed E-state index contributed by atoms with van der Waals surface area (Å²) in [5.74, 6) is 0.777. The third-order valence-electron chi connectivity index (χ3n) is 3.82. The molecular weight excluding hydrogens is 282 g/mol. The van der Waals surface area contributed by atoms with Crippen molar-refractivity contribution in [3.63, 3.8) is 0 Å². The van der Waals surface area contributed by atoms with Crippen LogP contribution in [0.15, 0.2) is 28.8 Å². The van der Waals surface area contributed by atoms with Gasteiger partial charge in [0.05, 0.1) is 5.60 Å². The molecule has 1 aromatic carbocycles. The van der Waals surface area contributed by atoms with Crippen LogP contribution in [0.3, 0.4) is 0 Å². The first-order valence-electron chi connectivity index (χ1n) is 7.39. The lowest BCUT2D eigenvalue weighted by Gasteiger charge is -2.25. The summed E-state index contributed by atoms with van der Waals surface area (Å²) in [6.45, 7) is 5.79. The van der Waals surface area contributed by atoms with E-state index in [9.17, 15) is 9.90 Å². The predicted octanol–water partition coefficient (Wildman–Crippen LogP) is 2.33. The van der Waals surface area contributed by atoms with Crippen LogP contribution in [0.4, 0.5) is 0 Å². The summed E-state index contributed by atoms with van der Waals surface area (Å²) in [6, 6.07) is 6.91. The van der Waals surface area contributed by atoms with Gasteiger partial charge in [0.25, 0.3) is 11.8 Å². The zero-order valence-electron chi connectivity index (χ0n) is 13.1. The number of amides is 1. The number of aryl methyl sites for hydroxylation is 1. The molecule has 0 radical (unpaired) electrons. The Morgan fingerprint density at radius 3 is 2.41 bits per heavy atom. The smallest absolute Gasteiger partial charge is 0.257 e. The maximum atomic E-state index is 12.1. The van der Waals surface area contributed by atoms with Crippen molar-refractivity contribution in [1.82, 2.24) is 15.5 Å². The van der Waals surface area contributed by atoms with Gasteiger partial charge in [-0.15, -0.1) is 0 Å². The van der Waals surface area contributed by atoms with Crippen molar-refractivity contribution in [2.45, 2.75) is 39.2 Å². The minimum Gasteiger partial charge on any atom is -0.388 e. The van der Waals surface area contributed by atoms with E-state index in [1.807, 2.05) is 13.8 Å². The molecule has 0 spiro atoms. The summed E-state index contributed by atoms with van der Waals surface area (Å²) in [5.41, 5.74) is 0.432. The Kier molecular flexibility index (Phi) is 4.92. The summed E-state index contributed by atoms with van der Waals surface area (Å²) in [4.78, 5) is 16.2. The van der Waals surface area contributed by atoms with Gasteiger partial charge in [0.15, 0.2) is 5.82 Å². The first-order chi connectivity index (χ1) is 10.5. The van der Waals surface area contributed by atoms with Gasteiger partial charge in [-0.2, -0.15) is 4.98 Å². The average Bonchev–Trinajstić information content (AvgIpc) is 2.99. The lowest BCUT2D eigenvalue weighted by atomic mass is 9.97. The number of carbonyl (C=O) groups excluding carboxylic acids is 1. The van der Waals surface area contributed by atoms with Crippen LogP contribution in [0.25, 0.3) is 11.5 Å². The number of aromatic nitrogens is 2. The molecule has 2 N–H and O–H groups in total. The molecule has 6 nitrogen and oxygen atoms in total. The first-order valence-corrected chi connectivity index (χ1v) is 7.39. The van der Waals surface area contributed by atoms with Crippen LogP contribution in [0, 0.1) is 6.92 Å². The SMILES string of the molecule is CCC(O)(CC)CNC(=O)c1ccc(-c2nc(C)no2)cc1. The molecular formula is C16H21N3O3. The van der Waals surface area contributed by atoms with Crippen LogP contribution in [0.1, 0.15) is 42.9 Å². The fraction of sp³-hybridized carbons (Fsp3) is 0.438. The fourth-order valence-electron chi connectivity index (χ4n) is 2.03. The largest absolute Gasteiger partial charge is 0.388 e. The van der Waals surface area contributed by atoms with Gasteiger partial charge in [0.2, 0.25) is 0 Å². The third-order valence-corrected chi connectivity index (χ3v) is 3.82. The molecule has 1 aromatic heterocycles. The van der Waals surface area contributed by atoms with Gasteiger partial charge >= 0.3 is 0 Å². The number of benzene rings is 1. The Morgan fingerprint density at radius 1 is 1.27 bits per heavy atom. The van der Waals surface area contributed by atoms with Crippen molar-refractivity contribution in [3.8, 4) is 11.5 Å². The average molecular weight is 303 g/mol. The van der Waals surface area contributed by atoms with Crippen LogP contribution in [0.5, 0.6) is 0 Å². The monoisotopic (exact) mass is 303 g/mol. The molecule has 22 heavy (non-hydrogen) atoms. The molecule has 0 aliphatic rings. The molecule has 118 valence electrons. The van der Waals surface area contributed by atoms with Crippen LogP contribution in [-0.2, 0) is 0 Å². The highest BCUT2D eigenvalue weighted by molar-refractivity contribution is 5.94. The van der Waals surface area contributed by atoms with Crippen molar-refractivity contribution in [2.75, 3.05) is 6.54 Å². The molecule has 0 aliphatic heterocycles. The topological polar surface area (TPSA) is 88.2 Å². The van der Waals surface area contributed by atoms with E-state index < -0.39 is 5.60 Å². The van der Waals surface area contributed by atoms with Crippen LogP contribution >= 0.6 is 0 Å². The van der Waals surface area contributed by atoms with Crippen molar-refractivity contribution >= 4 is 5.91 Å². The Labute approximate surface area is 129 Å². The van der Waals surface area contributed by atoms with Crippen molar-refractivity contribution in [1.29, 1.82) is 0 Å². The van der Waals surface area contributed by atoms with Crippen LogP contribution < -0.4 is 5.32 Å². The number of rotatable bonds is 6.